The fourth-order valence-corrected chi connectivity index (χ4v) is 3.54. The molecule has 1 saturated carbocycles. The molecule has 37 heavy (non-hydrogen) atoms. The maximum atomic E-state index is 13.9. The summed E-state index contributed by atoms with van der Waals surface area (Å²) in [4.78, 5) is 29.2. The molecular weight excluding hydrogens is 481 g/mol. The molecule has 0 bridgehead atoms. The number of benzene rings is 2. The van der Waals surface area contributed by atoms with Crippen LogP contribution in [0.25, 0.3) is 0 Å². The average Bonchev–Trinajstić information content (AvgIpc) is 3.66. The Morgan fingerprint density at radius 1 is 1.14 bits per heavy atom. The van der Waals surface area contributed by atoms with Crippen LogP contribution in [0.4, 0.5) is 13.2 Å². The van der Waals surface area contributed by atoms with Gasteiger partial charge in [0.25, 0.3) is 5.91 Å². The molecule has 2 N–H and O–H groups in total. The average molecular weight is 515 g/mol. The highest BCUT2D eigenvalue weighted by molar-refractivity contribution is 6.46. The van der Waals surface area contributed by atoms with Gasteiger partial charge >= 0.3 is 0 Å². The number of aliphatic imine (C=N–C) groups is 1. The summed E-state index contributed by atoms with van der Waals surface area (Å²) in [7, 11) is 1.39. The lowest BCUT2D eigenvalue weighted by atomic mass is 9.85. The first-order valence-electron chi connectivity index (χ1n) is 12.1. The Labute approximate surface area is 216 Å². The van der Waals surface area contributed by atoms with Crippen molar-refractivity contribution in [3.05, 3.63) is 70.0 Å². The summed E-state index contributed by atoms with van der Waals surface area (Å²) in [6.07, 6.45) is 2.54. The zero-order chi connectivity index (χ0) is 27.9. The van der Waals surface area contributed by atoms with E-state index in [-0.39, 0.29) is 34.6 Å². The third kappa shape index (κ3) is 7.91. The summed E-state index contributed by atoms with van der Waals surface area (Å²) in [5, 5.41) is 14.0. The molecule has 0 spiro atoms. The minimum atomic E-state index is -1.02. The number of rotatable bonds is 6. The number of carbonyl (C=O) groups is 2. The molecule has 1 aliphatic carbocycles. The second-order valence-corrected chi connectivity index (χ2v) is 9.93. The second kappa shape index (κ2) is 12.5. The monoisotopic (exact) mass is 514 g/mol. The molecule has 1 fully saturated rings. The van der Waals surface area contributed by atoms with Gasteiger partial charge in [0.2, 0.25) is 5.91 Å². The summed E-state index contributed by atoms with van der Waals surface area (Å²) < 4.78 is 40.1. The van der Waals surface area contributed by atoms with Crippen molar-refractivity contribution in [3.63, 3.8) is 0 Å². The number of nitriles is 1. The van der Waals surface area contributed by atoms with Crippen LogP contribution in [0.2, 0.25) is 0 Å². The van der Waals surface area contributed by atoms with E-state index in [4.69, 9.17) is 5.26 Å². The molecule has 1 atom stereocenters. The van der Waals surface area contributed by atoms with Gasteiger partial charge in [0, 0.05) is 18.7 Å². The smallest absolute Gasteiger partial charge is 0.270 e. The zero-order valence-electron chi connectivity index (χ0n) is 22.0. The molecule has 0 heterocycles. The second-order valence-electron chi connectivity index (χ2n) is 9.93. The molecule has 1 aliphatic rings. The number of amides is 2. The standard InChI is InChI=1S/C19H25F2N3O2.C9H8FN/c1-10-12(8-9-13(20)14(10)21)15(22-5)17(25)24-16(19(2,3)4)18(26)23-11-6-7-11;1-2-8-4-3-7(6-11)5-9(8)10/h8-9,11,16H,6-7H2,1-5H3,(H,23,26)(H,24,25);3-5H,2H2,1H3. The van der Waals surface area contributed by atoms with Gasteiger partial charge in [0.1, 0.15) is 17.6 Å². The number of hydrogen-bond donors (Lipinski definition) is 2. The van der Waals surface area contributed by atoms with E-state index in [1.165, 1.54) is 26.1 Å². The fraction of sp³-hybridized carbons (Fsp3) is 0.429. The van der Waals surface area contributed by atoms with E-state index in [1.54, 1.807) is 12.1 Å². The van der Waals surface area contributed by atoms with Crippen LogP contribution < -0.4 is 10.6 Å². The molecule has 0 radical (unpaired) electrons. The Morgan fingerprint density at radius 3 is 2.27 bits per heavy atom. The molecule has 198 valence electrons. The number of nitrogens with zero attached hydrogens (tertiary/aromatic N) is 2. The third-order valence-electron chi connectivity index (χ3n) is 5.92. The van der Waals surface area contributed by atoms with Crippen LogP contribution in [-0.2, 0) is 16.0 Å². The van der Waals surface area contributed by atoms with Gasteiger partial charge in [-0.2, -0.15) is 5.26 Å². The van der Waals surface area contributed by atoms with E-state index >= 15 is 0 Å². The number of aryl methyl sites for hydroxylation is 1. The van der Waals surface area contributed by atoms with Crippen LogP contribution in [0, 0.1) is 41.1 Å². The van der Waals surface area contributed by atoms with Gasteiger partial charge in [-0.1, -0.05) is 33.8 Å². The van der Waals surface area contributed by atoms with Crippen molar-refractivity contribution in [2.75, 3.05) is 7.05 Å². The maximum Gasteiger partial charge on any atom is 0.270 e. The van der Waals surface area contributed by atoms with Crippen LogP contribution in [0.5, 0.6) is 0 Å². The molecule has 1 unspecified atom stereocenters. The molecule has 3 rings (SSSR count). The van der Waals surface area contributed by atoms with Crippen molar-refractivity contribution in [3.8, 4) is 6.07 Å². The highest BCUT2D eigenvalue weighted by atomic mass is 19.2. The predicted molar refractivity (Wildman–Crippen MR) is 137 cm³/mol. The lowest BCUT2D eigenvalue weighted by Crippen LogP contribution is -2.55. The summed E-state index contributed by atoms with van der Waals surface area (Å²) in [6, 6.07) is 8.07. The molecule has 0 saturated heterocycles. The van der Waals surface area contributed by atoms with Crippen molar-refractivity contribution in [1.82, 2.24) is 10.6 Å². The highest BCUT2D eigenvalue weighted by Crippen LogP contribution is 2.24. The van der Waals surface area contributed by atoms with Gasteiger partial charge in [-0.15, -0.1) is 0 Å². The third-order valence-corrected chi connectivity index (χ3v) is 5.92. The first-order chi connectivity index (χ1) is 17.3. The van der Waals surface area contributed by atoms with Gasteiger partial charge < -0.3 is 10.6 Å². The SMILES string of the molecule is CCc1ccc(C#N)cc1F.CN=C(C(=O)NC(C(=O)NC1CC1)C(C)(C)C)c1ccc(F)c(F)c1C. The number of carbonyl (C=O) groups excluding carboxylic acids is 2. The Bertz CT molecular complexity index is 1230. The summed E-state index contributed by atoms with van der Waals surface area (Å²) in [5.74, 6) is -3.15. The quantitative estimate of drug-likeness (QED) is 0.544. The molecular formula is C28H33F3N4O2. The minimum Gasteiger partial charge on any atom is -0.352 e. The Balaban J connectivity index is 0.000000364. The maximum absolute atomic E-state index is 13.9. The van der Waals surface area contributed by atoms with Crippen LogP contribution in [0.1, 0.15) is 62.8 Å². The first-order valence-corrected chi connectivity index (χ1v) is 12.1. The molecule has 2 aromatic carbocycles. The van der Waals surface area contributed by atoms with Crippen molar-refractivity contribution in [2.24, 2.45) is 10.4 Å². The van der Waals surface area contributed by atoms with Crippen LogP contribution in [0.3, 0.4) is 0 Å². The molecule has 2 amide bonds. The van der Waals surface area contributed by atoms with E-state index in [1.807, 2.05) is 33.8 Å². The van der Waals surface area contributed by atoms with Crippen LogP contribution in [-0.4, -0.2) is 36.7 Å². The van der Waals surface area contributed by atoms with Gasteiger partial charge in [0.15, 0.2) is 11.6 Å². The van der Waals surface area contributed by atoms with Crippen molar-refractivity contribution in [1.29, 1.82) is 5.26 Å². The van der Waals surface area contributed by atoms with Gasteiger partial charge in [0.05, 0.1) is 11.6 Å². The van der Waals surface area contributed by atoms with Gasteiger partial charge in [-0.25, -0.2) is 13.2 Å². The number of nitrogens with one attached hydrogen (secondary N) is 2. The Morgan fingerprint density at radius 2 is 1.78 bits per heavy atom. The first kappa shape index (κ1) is 29.6. The Kier molecular flexibility index (Phi) is 10.0. The summed E-state index contributed by atoms with van der Waals surface area (Å²) in [6.45, 7) is 8.79. The van der Waals surface area contributed by atoms with Gasteiger partial charge in [-0.3, -0.25) is 14.6 Å². The highest BCUT2D eigenvalue weighted by Gasteiger charge is 2.36. The van der Waals surface area contributed by atoms with Crippen LogP contribution >= 0.6 is 0 Å². The number of halogens is 3. The van der Waals surface area contributed by atoms with Crippen LogP contribution in [0.15, 0.2) is 35.3 Å². The molecule has 2 aromatic rings. The zero-order valence-corrected chi connectivity index (χ0v) is 22.0. The molecule has 0 aromatic heterocycles. The van der Waals surface area contributed by atoms with E-state index in [9.17, 15) is 22.8 Å². The Hall–Kier alpha value is -3.67. The molecule has 6 nitrogen and oxygen atoms in total. The molecule has 0 aliphatic heterocycles. The topological polar surface area (TPSA) is 94.3 Å². The van der Waals surface area contributed by atoms with E-state index in [0.29, 0.717) is 17.5 Å². The largest absolute Gasteiger partial charge is 0.352 e. The van der Waals surface area contributed by atoms with Crippen molar-refractivity contribution >= 4 is 17.5 Å². The van der Waals surface area contributed by atoms with Gasteiger partial charge in [-0.05, 0) is 67.0 Å². The van der Waals surface area contributed by atoms with Crippen molar-refractivity contribution < 1.29 is 22.8 Å². The van der Waals surface area contributed by atoms with E-state index in [0.717, 1.165) is 18.9 Å². The van der Waals surface area contributed by atoms with E-state index in [2.05, 4.69) is 15.6 Å². The minimum absolute atomic E-state index is 0.00418. The number of hydrogen-bond acceptors (Lipinski definition) is 4. The molecule has 9 heteroatoms. The van der Waals surface area contributed by atoms with E-state index < -0.39 is 29.0 Å². The normalized spacial score (nSPS) is 14.1. The summed E-state index contributed by atoms with van der Waals surface area (Å²) in [5.41, 5.74) is 0.643. The lowest BCUT2D eigenvalue weighted by molar-refractivity contribution is -0.129. The predicted octanol–water partition coefficient (Wildman–Crippen LogP) is 4.76. The lowest BCUT2D eigenvalue weighted by Gasteiger charge is -2.30. The fourth-order valence-electron chi connectivity index (χ4n) is 3.54. The summed E-state index contributed by atoms with van der Waals surface area (Å²) >= 11 is 0. The van der Waals surface area contributed by atoms with Crippen molar-refractivity contribution in [2.45, 2.75) is 66.0 Å².